The monoisotopic (exact) mass is 235 g/mol. The summed E-state index contributed by atoms with van der Waals surface area (Å²) in [5.74, 6) is 1.29. The van der Waals surface area contributed by atoms with Gasteiger partial charge < -0.3 is 14.7 Å². The van der Waals surface area contributed by atoms with E-state index in [1.165, 1.54) is 5.56 Å². The highest BCUT2D eigenvalue weighted by molar-refractivity contribution is 5.61. The van der Waals surface area contributed by atoms with E-state index in [0.29, 0.717) is 12.0 Å². The number of anilines is 1. The maximum absolute atomic E-state index is 9.32. The largest absolute Gasteiger partial charge is 0.495 e. The van der Waals surface area contributed by atoms with E-state index in [1.54, 1.807) is 7.11 Å². The van der Waals surface area contributed by atoms with Gasteiger partial charge in [0.05, 0.1) is 12.8 Å². The van der Waals surface area contributed by atoms with Crippen molar-refractivity contribution in [1.82, 2.24) is 0 Å². The number of ether oxygens (including phenoxy) is 1. The molecule has 0 radical (unpaired) electrons. The third-order valence-corrected chi connectivity index (χ3v) is 3.79. The van der Waals surface area contributed by atoms with Gasteiger partial charge in [-0.15, -0.1) is 0 Å². The predicted octanol–water partition coefficient (Wildman–Crippen LogP) is 2.21. The molecule has 1 aromatic carbocycles. The summed E-state index contributed by atoms with van der Waals surface area (Å²) >= 11 is 0. The Kier molecular flexibility index (Phi) is 3.57. The van der Waals surface area contributed by atoms with Crippen molar-refractivity contribution in [1.29, 1.82) is 0 Å². The molecule has 94 valence electrons. The van der Waals surface area contributed by atoms with E-state index in [1.807, 2.05) is 6.07 Å². The molecule has 0 aliphatic carbocycles. The lowest BCUT2D eigenvalue weighted by molar-refractivity contribution is 0.221. The standard InChI is InChI=1S/C14H21NO2/c1-10-4-5-14(17-3)13(8-10)15-7-6-12(9-16)11(15)2/h4-5,8,11-12,16H,6-7,9H2,1-3H3. The average molecular weight is 235 g/mol. The summed E-state index contributed by atoms with van der Waals surface area (Å²) in [6, 6.07) is 6.61. The SMILES string of the molecule is COc1ccc(C)cc1N1CCC(CO)C1C. The normalized spacial score (nSPS) is 24.1. The molecule has 17 heavy (non-hydrogen) atoms. The Hall–Kier alpha value is -1.22. The average Bonchev–Trinajstić information content (AvgIpc) is 2.70. The number of rotatable bonds is 3. The lowest BCUT2D eigenvalue weighted by Gasteiger charge is -2.28. The van der Waals surface area contributed by atoms with Crippen LogP contribution in [0.15, 0.2) is 18.2 Å². The van der Waals surface area contributed by atoms with Gasteiger partial charge in [-0.25, -0.2) is 0 Å². The molecule has 3 heteroatoms. The van der Waals surface area contributed by atoms with Crippen LogP contribution >= 0.6 is 0 Å². The van der Waals surface area contributed by atoms with Crippen molar-refractivity contribution in [2.75, 3.05) is 25.2 Å². The van der Waals surface area contributed by atoms with Crippen LogP contribution in [0.1, 0.15) is 18.9 Å². The highest BCUT2D eigenvalue weighted by atomic mass is 16.5. The van der Waals surface area contributed by atoms with Crippen LogP contribution in [0.5, 0.6) is 5.75 Å². The highest BCUT2D eigenvalue weighted by Crippen LogP contribution is 2.36. The number of hydrogen-bond donors (Lipinski definition) is 1. The van der Waals surface area contributed by atoms with Gasteiger partial charge in [0.1, 0.15) is 5.75 Å². The molecule has 0 saturated carbocycles. The molecule has 1 aliphatic rings. The maximum atomic E-state index is 9.32. The van der Waals surface area contributed by atoms with Crippen LogP contribution in [0.4, 0.5) is 5.69 Å². The first-order chi connectivity index (χ1) is 8.17. The minimum atomic E-state index is 0.270. The van der Waals surface area contributed by atoms with Crippen LogP contribution < -0.4 is 9.64 Å². The van der Waals surface area contributed by atoms with Gasteiger partial charge in [-0.05, 0) is 38.0 Å². The molecule has 1 aliphatic heterocycles. The first-order valence-electron chi connectivity index (χ1n) is 6.19. The second kappa shape index (κ2) is 4.96. The molecule has 1 heterocycles. The summed E-state index contributed by atoms with van der Waals surface area (Å²) in [6.07, 6.45) is 1.05. The van der Waals surface area contributed by atoms with E-state index in [2.05, 4.69) is 30.9 Å². The van der Waals surface area contributed by atoms with E-state index >= 15 is 0 Å². The highest BCUT2D eigenvalue weighted by Gasteiger charge is 2.31. The Morgan fingerprint density at radius 2 is 2.24 bits per heavy atom. The Balaban J connectivity index is 2.31. The molecule has 0 bridgehead atoms. The molecule has 1 fully saturated rings. The number of aliphatic hydroxyl groups excluding tert-OH is 1. The quantitative estimate of drug-likeness (QED) is 0.872. The zero-order valence-corrected chi connectivity index (χ0v) is 10.8. The minimum Gasteiger partial charge on any atom is -0.495 e. The van der Waals surface area contributed by atoms with E-state index < -0.39 is 0 Å². The Morgan fingerprint density at radius 1 is 1.47 bits per heavy atom. The minimum absolute atomic E-state index is 0.270. The van der Waals surface area contributed by atoms with Gasteiger partial charge >= 0.3 is 0 Å². The summed E-state index contributed by atoms with van der Waals surface area (Å²) in [5.41, 5.74) is 2.39. The van der Waals surface area contributed by atoms with Gasteiger partial charge in [-0.2, -0.15) is 0 Å². The van der Waals surface area contributed by atoms with Gasteiger partial charge in [-0.1, -0.05) is 6.07 Å². The number of aryl methyl sites for hydroxylation is 1. The molecule has 1 N–H and O–H groups in total. The van der Waals surface area contributed by atoms with E-state index in [9.17, 15) is 5.11 Å². The number of hydrogen-bond acceptors (Lipinski definition) is 3. The molecule has 0 amide bonds. The molecule has 2 rings (SSSR count). The van der Waals surface area contributed by atoms with Gasteiger partial charge in [0.15, 0.2) is 0 Å². The van der Waals surface area contributed by atoms with Crippen LogP contribution in [-0.4, -0.2) is 31.4 Å². The fourth-order valence-electron chi connectivity index (χ4n) is 2.61. The van der Waals surface area contributed by atoms with Gasteiger partial charge in [0, 0.05) is 25.1 Å². The molecular formula is C14H21NO2. The topological polar surface area (TPSA) is 32.7 Å². The summed E-state index contributed by atoms with van der Waals surface area (Å²) in [4.78, 5) is 2.34. The van der Waals surface area contributed by atoms with Crippen molar-refractivity contribution < 1.29 is 9.84 Å². The molecule has 0 spiro atoms. The summed E-state index contributed by atoms with van der Waals surface area (Å²) in [7, 11) is 1.71. The number of nitrogens with zero attached hydrogens (tertiary/aromatic N) is 1. The molecule has 0 aromatic heterocycles. The molecule has 3 nitrogen and oxygen atoms in total. The van der Waals surface area contributed by atoms with Crippen molar-refractivity contribution in [3.05, 3.63) is 23.8 Å². The molecule has 1 saturated heterocycles. The molecule has 2 atom stereocenters. The predicted molar refractivity (Wildman–Crippen MR) is 69.7 cm³/mol. The zero-order valence-electron chi connectivity index (χ0n) is 10.8. The maximum Gasteiger partial charge on any atom is 0.142 e. The molecule has 1 aromatic rings. The van der Waals surface area contributed by atoms with E-state index in [0.717, 1.165) is 24.4 Å². The van der Waals surface area contributed by atoms with Gasteiger partial charge in [0.2, 0.25) is 0 Å². The van der Waals surface area contributed by atoms with E-state index in [4.69, 9.17) is 4.74 Å². The van der Waals surface area contributed by atoms with Crippen molar-refractivity contribution in [3.63, 3.8) is 0 Å². The Morgan fingerprint density at radius 3 is 2.82 bits per heavy atom. The van der Waals surface area contributed by atoms with Crippen LogP contribution in [0.2, 0.25) is 0 Å². The van der Waals surface area contributed by atoms with Crippen molar-refractivity contribution >= 4 is 5.69 Å². The van der Waals surface area contributed by atoms with Crippen molar-refractivity contribution in [2.45, 2.75) is 26.3 Å². The van der Waals surface area contributed by atoms with Crippen molar-refractivity contribution in [3.8, 4) is 5.75 Å². The lowest BCUT2D eigenvalue weighted by atomic mass is 10.0. The second-order valence-corrected chi connectivity index (χ2v) is 4.84. The molecular weight excluding hydrogens is 214 g/mol. The summed E-state index contributed by atoms with van der Waals surface area (Å²) in [6.45, 7) is 5.53. The third-order valence-electron chi connectivity index (χ3n) is 3.79. The first-order valence-corrected chi connectivity index (χ1v) is 6.19. The molecule has 2 unspecified atom stereocenters. The Labute approximate surface area is 103 Å². The van der Waals surface area contributed by atoms with Crippen LogP contribution in [0, 0.1) is 12.8 Å². The number of methoxy groups -OCH3 is 1. The third kappa shape index (κ3) is 2.25. The summed E-state index contributed by atoms with van der Waals surface area (Å²) in [5, 5.41) is 9.32. The fourth-order valence-corrected chi connectivity index (χ4v) is 2.61. The van der Waals surface area contributed by atoms with Crippen LogP contribution in [0.25, 0.3) is 0 Å². The van der Waals surface area contributed by atoms with Crippen LogP contribution in [0.3, 0.4) is 0 Å². The van der Waals surface area contributed by atoms with Crippen molar-refractivity contribution in [2.24, 2.45) is 5.92 Å². The zero-order chi connectivity index (χ0) is 12.4. The van der Waals surface area contributed by atoms with E-state index in [-0.39, 0.29) is 6.61 Å². The smallest absolute Gasteiger partial charge is 0.142 e. The second-order valence-electron chi connectivity index (χ2n) is 4.84. The van der Waals surface area contributed by atoms with Gasteiger partial charge in [-0.3, -0.25) is 0 Å². The summed E-state index contributed by atoms with van der Waals surface area (Å²) < 4.78 is 5.43. The van der Waals surface area contributed by atoms with Crippen LogP contribution in [-0.2, 0) is 0 Å². The lowest BCUT2D eigenvalue weighted by Crippen LogP contribution is -2.31. The van der Waals surface area contributed by atoms with Gasteiger partial charge in [0.25, 0.3) is 0 Å². The Bertz CT molecular complexity index is 392. The first kappa shape index (κ1) is 12.2. The fraction of sp³-hybridized carbons (Fsp3) is 0.571. The number of aliphatic hydroxyl groups is 1. The number of benzene rings is 1.